The fraction of sp³-hybridized carbons (Fsp3) is 0.381. The van der Waals surface area contributed by atoms with E-state index in [1.165, 1.54) is 15.9 Å². The van der Waals surface area contributed by atoms with E-state index in [-0.39, 0.29) is 24.1 Å². The van der Waals surface area contributed by atoms with Crippen LogP contribution in [0.5, 0.6) is 0 Å². The van der Waals surface area contributed by atoms with Crippen molar-refractivity contribution >= 4 is 27.5 Å². The van der Waals surface area contributed by atoms with Crippen LogP contribution in [0.3, 0.4) is 0 Å². The fourth-order valence-electron chi connectivity index (χ4n) is 3.63. The number of hydrogen-bond donors (Lipinski definition) is 1. The van der Waals surface area contributed by atoms with Crippen LogP contribution in [-0.2, 0) is 16.1 Å². The number of amides is 1. The van der Waals surface area contributed by atoms with Crippen LogP contribution in [0.4, 0.5) is 0 Å². The average Bonchev–Trinajstić information content (AvgIpc) is 3.33. The summed E-state index contributed by atoms with van der Waals surface area (Å²) < 4.78 is 8.08. The third kappa shape index (κ3) is 3.65. The van der Waals surface area contributed by atoms with Gasteiger partial charge in [0, 0.05) is 18.0 Å². The first-order chi connectivity index (χ1) is 14.0. The van der Waals surface area contributed by atoms with Crippen molar-refractivity contribution in [3.8, 4) is 5.69 Å². The summed E-state index contributed by atoms with van der Waals surface area (Å²) in [6.45, 7) is 4.79. The smallest absolute Gasteiger partial charge is 0.337 e. The van der Waals surface area contributed by atoms with Gasteiger partial charge in [-0.2, -0.15) is 0 Å². The summed E-state index contributed by atoms with van der Waals surface area (Å²) in [4.78, 5) is 40.5. The minimum atomic E-state index is -0.512. The second-order valence-corrected chi connectivity index (χ2v) is 8.45. The van der Waals surface area contributed by atoms with Crippen LogP contribution < -0.4 is 16.6 Å². The van der Waals surface area contributed by atoms with E-state index in [2.05, 4.69) is 5.32 Å². The van der Waals surface area contributed by atoms with Crippen molar-refractivity contribution in [2.45, 2.75) is 39.3 Å². The van der Waals surface area contributed by atoms with Gasteiger partial charge in [0.2, 0.25) is 5.91 Å². The molecule has 0 bridgehead atoms. The Bertz CT molecular complexity index is 1170. The van der Waals surface area contributed by atoms with Gasteiger partial charge >= 0.3 is 5.69 Å². The summed E-state index contributed by atoms with van der Waals surface area (Å²) >= 11 is 1.37. The number of carbonyl (C=O) groups excluding carboxylic acids is 1. The number of aryl methyl sites for hydroxylation is 2. The van der Waals surface area contributed by atoms with Gasteiger partial charge in [-0.3, -0.25) is 14.2 Å². The molecule has 3 heterocycles. The second-order valence-electron chi connectivity index (χ2n) is 7.25. The van der Waals surface area contributed by atoms with Gasteiger partial charge in [0.05, 0.1) is 17.2 Å². The van der Waals surface area contributed by atoms with E-state index in [0.29, 0.717) is 22.4 Å². The number of benzene rings is 1. The number of ether oxygens (including phenoxy) is 1. The molecule has 29 heavy (non-hydrogen) atoms. The van der Waals surface area contributed by atoms with Gasteiger partial charge in [-0.05, 0) is 44.4 Å². The SMILES string of the molecule is Cc1sc2c(c1C)c(=O)n(-c1ccccc1)c(=O)n2CC(=O)NC[C@@H]1CCCO1. The van der Waals surface area contributed by atoms with Crippen molar-refractivity contribution in [3.05, 3.63) is 61.6 Å². The van der Waals surface area contributed by atoms with Gasteiger partial charge in [0.25, 0.3) is 5.56 Å². The number of nitrogens with one attached hydrogen (secondary N) is 1. The Hall–Kier alpha value is -2.71. The number of aromatic nitrogens is 2. The molecule has 0 spiro atoms. The molecule has 1 aliphatic heterocycles. The van der Waals surface area contributed by atoms with Gasteiger partial charge in [0.1, 0.15) is 11.4 Å². The molecule has 1 aromatic carbocycles. The summed E-state index contributed by atoms with van der Waals surface area (Å²) in [6.07, 6.45) is 1.95. The first kappa shape index (κ1) is 19.6. The van der Waals surface area contributed by atoms with E-state index in [4.69, 9.17) is 4.74 Å². The van der Waals surface area contributed by atoms with E-state index in [0.717, 1.165) is 34.5 Å². The lowest BCUT2D eigenvalue weighted by Crippen LogP contribution is -2.42. The lowest BCUT2D eigenvalue weighted by molar-refractivity contribution is -0.122. The summed E-state index contributed by atoms with van der Waals surface area (Å²) in [6, 6.07) is 8.80. The molecule has 152 valence electrons. The monoisotopic (exact) mass is 413 g/mol. The average molecular weight is 413 g/mol. The Labute approximate surface area is 171 Å². The molecule has 1 aliphatic rings. The van der Waals surface area contributed by atoms with Crippen LogP contribution in [0.2, 0.25) is 0 Å². The number of hydrogen-bond acceptors (Lipinski definition) is 5. The van der Waals surface area contributed by atoms with Crippen LogP contribution in [0.1, 0.15) is 23.3 Å². The predicted octanol–water partition coefficient (Wildman–Crippen LogP) is 2.13. The van der Waals surface area contributed by atoms with Crippen LogP contribution in [0.25, 0.3) is 15.9 Å². The maximum absolute atomic E-state index is 13.2. The maximum atomic E-state index is 13.2. The highest BCUT2D eigenvalue weighted by Gasteiger charge is 2.22. The van der Waals surface area contributed by atoms with E-state index in [9.17, 15) is 14.4 Å². The Morgan fingerprint density at radius 1 is 1.24 bits per heavy atom. The molecule has 1 N–H and O–H groups in total. The largest absolute Gasteiger partial charge is 0.376 e. The van der Waals surface area contributed by atoms with Crippen molar-refractivity contribution in [1.29, 1.82) is 0 Å². The van der Waals surface area contributed by atoms with Crippen molar-refractivity contribution in [1.82, 2.24) is 14.5 Å². The van der Waals surface area contributed by atoms with E-state index >= 15 is 0 Å². The van der Waals surface area contributed by atoms with Crippen LogP contribution in [-0.4, -0.2) is 34.3 Å². The summed E-state index contributed by atoms with van der Waals surface area (Å²) in [7, 11) is 0. The number of carbonyl (C=O) groups is 1. The zero-order chi connectivity index (χ0) is 20.5. The fourth-order valence-corrected chi connectivity index (χ4v) is 4.77. The molecule has 1 amide bonds. The Morgan fingerprint density at radius 3 is 2.69 bits per heavy atom. The van der Waals surface area contributed by atoms with Crippen LogP contribution in [0.15, 0.2) is 39.9 Å². The summed E-state index contributed by atoms with van der Waals surface area (Å²) in [5.74, 6) is -0.272. The van der Waals surface area contributed by atoms with E-state index in [1.54, 1.807) is 24.3 Å². The highest BCUT2D eigenvalue weighted by molar-refractivity contribution is 7.18. The van der Waals surface area contributed by atoms with Gasteiger partial charge in [-0.1, -0.05) is 18.2 Å². The van der Waals surface area contributed by atoms with Crippen molar-refractivity contribution < 1.29 is 9.53 Å². The van der Waals surface area contributed by atoms with Gasteiger partial charge in [-0.15, -0.1) is 11.3 Å². The van der Waals surface area contributed by atoms with Gasteiger partial charge < -0.3 is 10.1 Å². The highest BCUT2D eigenvalue weighted by Crippen LogP contribution is 2.27. The van der Waals surface area contributed by atoms with Crippen LogP contribution >= 0.6 is 11.3 Å². The normalized spacial score (nSPS) is 16.4. The molecule has 0 radical (unpaired) electrons. The molecular formula is C21H23N3O4S. The highest BCUT2D eigenvalue weighted by atomic mass is 32.1. The van der Waals surface area contributed by atoms with E-state index in [1.807, 2.05) is 19.9 Å². The third-order valence-electron chi connectivity index (χ3n) is 5.32. The first-order valence-corrected chi connectivity index (χ1v) is 10.5. The minimum absolute atomic E-state index is 0.0280. The molecule has 2 aromatic heterocycles. The number of fused-ring (bicyclic) bond motifs is 1. The number of nitrogens with zero attached hydrogens (tertiary/aromatic N) is 2. The third-order valence-corrected chi connectivity index (χ3v) is 6.55. The molecule has 0 saturated carbocycles. The Balaban J connectivity index is 1.78. The molecule has 1 fully saturated rings. The molecular weight excluding hydrogens is 390 g/mol. The van der Waals surface area contributed by atoms with Crippen LogP contribution in [0, 0.1) is 13.8 Å². The number of rotatable bonds is 5. The predicted molar refractivity (Wildman–Crippen MR) is 113 cm³/mol. The lowest BCUT2D eigenvalue weighted by atomic mass is 10.2. The minimum Gasteiger partial charge on any atom is -0.376 e. The molecule has 0 unspecified atom stereocenters. The van der Waals surface area contributed by atoms with Crippen molar-refractivity contribution in [2.24, 2.45) is 0 Å². The van der Waals surface area contributed by atoms with Gasteiger partial charge in [-0.25, -0.2) is 9.36 Å². The second kappa shape index (κ2) is 7.96. The zero-order valence-corrected chi connectivity index (χ0v) is 17.3. The standard InChI is InChI=1S/C21H23N3O4S/c1-13-14(2)29-20-18(13)19(26)24(15-7-4-3-5-8-15)21(27)23(20)12-17(25)22-11-16-9-6-10-28-16/h3-5,7-8,16H,6,9-12H2,1-2H3,(H,22,25)/t16-/m0/s1. The molecule has 1 saturated heterocycles. The number of para-hydroxylation sites is 1. The number of thiophene rings is 1. The Kier molecular flexibility index (Phi) is 5.38. The Morgan fingerprint density at radius 2 is 2.00 bits per heavy atom. The van der Waals surface area contributed by atoms with E-state index < -0.39 is 5.69 Å². The molecule has 0 aliphatic carbocycles. The van der Waals surface area contributed by atoms with Crippen molar-refractivity contribution in [3.63, 3.8) is 0 Å². The molecule has 8 heteroatoms. The molecule has 4 rings (SSSR count). The molecule has 7 nitrogen and oxygen atoms in total. The van der Waals surface area contributed by atoms with Crippen molar-refractivity contribution in [2.75, 3.05) is 13.2 Å². The molecule has 3 aromatic rings. The summed E-state index contributed by atoms with van der Waals surface area (Å²) in [5, 5.41) is 3.34. The summed E-state index contributed by atoms with van der Waals surface area (Å²) in [5.41, 5.74) is 0.464. The maximum Gasteiger partial charge on any atom is 0.337 e. The topological polar surface area (TPSA) is 82.3 Å². The zero-order valence-electron chi connectivity index (χ0n) is 16.4. The lowest BCUT2D eigenvalue weighted by Gasteiger charge is -2.14. The molecule has 1 atom stereocenters. The van der Waals surface area contributed by atoms with Gasteiger partial charge in [0.15, 0.2) is 0 Å². The first-order valence-electron chi connectivity index (χ1n) is 9.66. The quantitative estimate of drug-likeness (QED) is 0.695.